The Labute approximate surface area is 162 Å². The van der Waals surface area contributed by atoms with Gasteiger partial charge in [-0.3, -0.25) is 0 Å². The zero-order valence-electron chi connectivity index (χ0n) is 15.2. The molecule has 0 spiro atoms. The highest BCUT2D eigenvalue weighted by Gasteiger charge is 2.10. The van der Waals surface area contributed by atoms with Gasteiger partial charge in [-0.25, -0.2) is 9.59 Å². The minimum atomic E-state index is -1.01. The molecule has 0 fully saturated rings. The van der Waals surface area contributed by atoms with Gasteiger partial charge in [-0.15, -0.1) is 0 Å². The van der Waals surface area contributed by atoms with E-state index in [1.807, 2.05) is 0 Å². The summed E-state index contributed by atoms with van der Waals surface area (Å²) in [5.74, 6) is -1.00. The number of aliphatic hydroxyl groups is 4. The lowest BCUT2D eigenvalue weighted by Gasteiger charge is -2.07. The second-order valence-electron chi connectivity index (χ2n) is 5.60. The predicted octanol–water partition coefficient (Wildman–Crippen LogP) is 0.393. The molecule has 2 aromatic rings. The van der Waals surface area contributed by atoms with E-state index in [1.54, 1.807) is 60.7 Å². The SMILES string of the molecule is O=C(OCC(O)CO)c1ccccc1.O=C(OCC(O)CO)c1ccccc1. The molecule has 0 amide bonds. The Bertz CT molecular complexity index is 628. The van der Waals surface area contributed by atoms with Gasteiger partial charge in [-0.2, -0.15) is 0 Å². The van der Waals surface area contributed by atoms with Crippen molar-refractivity contribution in [2.45, 2.75) is 12.2 Å². The molecule has 8 nitrogen and oxygen atoms in total. The molecule has 2 unspecified atom stereocenters. The van der Waals surface area contributed by atoms with Gasteiger partial charge in [0.25, 0.3) is 0 Å². The van der Waals surface area contributed by atoms with Gasteiger partial charge in [0.2, 0.25) is 0 Å². The number of aliphatic hydroxyl groups excluding tert-OH is 4. The normalized spacial score (nSPS) is 12.1. The third kappa shape index (κ3) is 9.24. The van der Waals surface area contributed by atoms with Crippen LogP contribution >= 0.6 is 0 Å². The maximum absolute atomic E-state index is 11.3. The van der Waals surface area contributed by atoms with Crippen molar-refractivity contribution in [1.82, 2.24) is 0 Å². The summed E-state index contributed by atoms with van der Waals surface area (Å²) in [6.45, 7) is -1.21. The summed E-state index contributed by atoms with van der Waals surface area (Å²) in [7, 11) is 0. The fraction of sp³-hybridized carbons (Fsp3) is 0.300. The quantitative estimate of drug-likeness (QED) is 0.474. The Morgan fingerprint density at radius 1 is 0.679 bits per heavy atom. The first-order chi connectivity index (χ1) is 13.5. The van der Waals surface area contributed by atoms with Crippen LogP contribution in [0.4, 0.5) is 0 Å². The third-order valence-corrected chi connectivity index (χ3v) is 3.25. The van der Waals surface area contributed by atoms with Crippen molar-refractivity contribution in [3.05, 3.63) is 71.8 Å². The summed E-state index contributed by atoms with van der Waals surface area (Å²) >= 11 is 0. The van der Waals surface area contributed by atoms with E-state index in [9.17, 15) is 9.59 Å². The van der Waals surface area contributed by atoms with E-state index >= 15 is 0 Å². The van der Waals surface area contributed by atoms with E-state index in [0.29, 0.717) is 11.1 Å². The van der Waals surface area contributed by atoms with Crippen LogP contribution in [0.25, 0.3) is 0 Å². The van der Waals surface area contributed by atoms with Gasteiger partial charge in [0, 0.05) is 0 Å². The smallest absolute Gasteiger partial charge is 0.338 e. The lowest BCUT2D eigenvalue weighted by atomic mass is 10.2. The molecule has 0 heterocycles. The van der Waals surface area contributed by atoms with Crippen LogP contribution in [0.1, 0.15) is 20.7 Å². The molecule has 8 heteroatoms. The molecule has 28 heavy (non-hydrogen) atoms. The average molecular weight is 392 g/mol. The minimum Gasteiger partial charge on any atom is -0.459 e. The average Bonchev–Trinajstić information content (AvgIpc) is 2.76. The first-order valence-electron chi connectivity index (χ1n) is 8.50. The maximum atomic E-state index is 11.3. The summed E-state index contributed by atoms with van der Waals surface area (Å²) in [5.41, 5.74) is 0.857. The lowest BCUT2D eigenvalue weighted by molar-refractivity contribution is 0.00900. The van der Waals surface area contributed by atoms with Crippen LogP contribution in [0.3, 0.4) is 0 Å². The number of ether oxygens (including phenoxy) is 2. The van der Waals surface area contributed by atoms with Gasteiger partial charge in [0.1, 0.15) is 25.4 Å². The molecule has 2 aromatic carbocycles. The molecule has 0 aromatic heterocycles. The largest absolute Gasteiger partial charge is 0.459 e. The Balaban J connectivity index is 0.000000280. The fourth-order valence-electron chi connectivity index (χ4n) is 1.76. The number of carbonyl (C=O) groups is 2. The molecular weight excluding hydrogens is 368 g/mol. The van der Waals surface area contributed by atoms with Gasteiger partial charge in [0.05, 0.1) is 24.3 Å². The van der Waals surface area contributed by atoms with E-state index in [-0.39, 0.29) is 13.2 Å². The molecule has 0 aliphatic carbocycles. The van der Waals surface area contributed by atoms with E-state index in [1.165, 1.54) is 0 Å². The highest BCUT2D eigenvalue weighted by Crippen LogP contribution is 2.02. The number of rotatable bonds is 8. The van der Waals surface area contributed by atoms with Crippen molar-refractivity contribution < 1.29 is 39.5 Å². The Morgan fingerprint density at radius 2 is 1.00 bits per heavy atom. The van der Waals surface area contributed by atoms with Crippen LogP contribution < -0.4 is 0 Å². The molecule has 4 N–H and O–H groups in total. The monoisotopic (exact) mass is 392 g/mol. The van der Waals surface area contributed by atoms with Gasteiger partial charge in [-0.1, -0.05) is 36.4 Å². The van der Waals surface area contributed by atoms with E-state index in [2.05, 4.69) is 0 Å². The summed E-state index contributed by atoms with van der Waals surface area (Å²) in [5, 5.41) is 34.8. The van der Waals surface area contributed by atoms with Gasteiger partial charge in [-0.05, 0) is 24.3 Å². The topological polar surface area (TPSA) is 134 Å². The van der Waals surface area contributed by atoms with E-state index in [4.69, 9.17) is 29.9 Å². The lowest BCUT2D eigenvalue weighted by Crippen LogP contribution is -2.21. The van der Waals surface area contributed by atoms with Crippen LogP contribution in [0, 0.1) is 0 Å². The molecule has 152 valence electrons. The number of hydrogen-bond acceptors (Lipinski definition) is 8. The first kappa shape index (κ1) is 23.3. The second-order valence-corrected chi connectivity index (χ2v) is 5.60. The molecule has 0 aliphatic rings. The number of hydrogen-bond donors (Lipinski definition) is 4. The number of benzene rings is 2. The zero-order chi connectivity index (χ0) is 20.8. The summed E-state index contributed by atoms with van der Waals surface area (Å²) in [6, 6.07) is 16.9. The third-order valence-electron chi connectivity index (χ3n) is 3.25. The molecule has 0 saturated heterocycles. The molecule has 0 radical (unpaired) electrons. The van der Waals surface area contributed by atoms with Crippen molar-refractivity contribution in [1.29, 1.82) is 0 Å². The molecule has 0 aliphatic heterocycles. The fourth-order valence-corrected chi connectivity index (χ4v) is 1.76. The summed E-state index contributed by atoms with van der Waals surface area (Å²) < 4.78 is 9.46. The van der Waals surface area contributed by atoms with Crippen LogP contribution in [0.15, 0.2) is 60.7 Å². The van der Waals surface area contributed by atoms with Gasteiger partial charge in [0.15, 0.2) is 0 Å². The molecule has 0 saturated carbocycles. The van der Waals surface area contributed by atoms with E-state index in [0.717, 1.165) is 0 Å². The molecule has 2 rings (SSSR count). The predicted molar refractivity (Wildman–Crippen MR) is 99.6 cm³/mol. The summed E-state index contributed by atoms with van der Waals surface area (Å²) in [4.78, 5) is 22.5. The highest BCUT2D eigenvalue weighted by molar-refractivity contribution is 5.89. The molecule has 0 bridgehead atoms. The van der Waals surface area contributed by atoms with Crippen molar-refractivity contribution >= 4 is 11.9 Å². The Morgan fingerprint density at radius 3 is 1.29 bits per heavy atom. The van der Waals surface area contributed by atoms with E-state index < -0.39 is 37.4 Å². The standard InChI is InChI=1S/2C10H12O4/c2*11-6-9(12)7-14-10(13)8-4-2-1-3-5-8/h2*1-5,9,11-12H,6-7H2. The van der Waals surface area contributed by atoms with Crippen LogP contribution in [0.2, 0.25) is 0 Å². The summed E-state index contributed by atoms with van der Waals surface area (Å²) in [6.07, 6.45) is -2.02. The minimum absolute atomic E-state index is 0.190. The first-order valence-corrected chi connectivity index (χ1v) is 8.50. The van der Waals surface area contributed by atoms with Crippen molar-refractivity contribution in [3.63, 3.8) is 0 Å². The molecular formula is C20H24O8. The van der Waals surface area contributed by atoms with Crippen LogP contribution in [-0.4, -0.2) is 71.0 Å². The van der Waals surface area contributed by atoms with Crippen molar-refractivity contribution in [2.24, 2.45) is 0 Å². The van der Waals surface area contributed by atoms with Crippen LogP contribution in [0.5, 0.6) is 0 Å². The van der Waals surface area contributed by atoms with Crippen molar-refractivity contribution in [3.8, 4) is 0 Å². The van der Waals surface area contributed by atoms with Gasteiger partial charge < -0.3 is 29.9 Å². The Kier molecular flexibility index (Phi) is 11.1. The highest BCUT2D eigenvalue weighted by atomic mass is 16.5. The number of carbonyl (C=O) groups excluding carboxylic acids is 2. The molecule has 2 atom stereocenters. The Hall–Kier alpha value is -2.78. The van der Waals surface area contributed by atoms with Crippen molar-refractivity contribution in [2.75, 3.05) is 26.4 Å². The van der Waals surface area contributed by atoms with Gasteiger partial charge >= 0.3 is 11.9 Å². The van der Waals surface area contributed by atoms with Crippen LogP contribution in [-0.2, 0) is 9.47 Å². The maximum Gasteiger partial charge on any atom is 0.338 e. The number of esters is 2. The zero-order valence-corrected chi connectivity index (χ0v) is 15.2. The second kappa shape index (κ2) is 13.4.